The molecule has 1 aromatic heterocycles. The Morgan fingerprint density at radius 1 is 1.09 bits per heavy atom. The number of para-hydroxylation sites is 1. The van der Waals surface area contributed by atoms with Crippen LogP contribution in [0.2, 0.25) is 0 Å². The lowest BCUT2D eigenvalue weighted by Gasteiger charge is -2.15. The maximum atomic E-state index is 13.1. The van der Waals surface area contributed by atoms with Crippen molar-refractivity contribution < 1.29 is 13.2 Å². The van der Waals surface area contributed by atoms with Crippen molar-refractivity contribution in [3.8, 4) is 5.75 Å². The van der Waals surface area contributed by atoms with Gasteiger partial charge in [-0.15, -0.1) is 9.19 Å². The molecule has 0 saturated heterocycles. The molecule has 120 valence electrons. The summed E-state index contributed by atoms with van der Waals surface area (Å²) in [4.78, 5) is 0.212. The zero-order chi connectivity index (χ0) is 16.8. The molecule has 0 saturated carbocycles. The molecule has 0 amide bonds. The molecule has 0 N–H and O–H groups in total. The van der Waals surface area contributed by atoms with E-state index in [2.05, 4.69) is 10.3 Å². The first kappa shape index (κ1) is 15.5. The number of hydrogen-bond donors (Lipinski definition) is 0. The second kappa shape index (κ2) is 5.34. The normalized spacial score (nSPS) is 11.8. The van der Waals surface area contributed by atoms with E-state index in [0.29, 0.717) is 22.3 Å². The van der Waals surface area contributed by atoms with Crippen LogP contribution >= 0.6 is 0 Å². The summed E-state index contributed by atoms with van der Waals surface area (Å²) in [5, 5.41) is 7.76. The number of benzene rings is 2. The minimum atomic E-state index is -3.84. The van der Waals surface area contributed by atoms with E-state index in [4.69, 9.17) is 4.74 Å². The maximum absolute atomic E-state index is 13.1. The molecule has 0 aliphatic carbocycles. The van der Waals surface area contributed by atoms with Crippen LogP contribution in [-0.4, -0.2) is 29.9 Å². The molecule has 1 heterocycles. The van der Waals surface area contributed by atoms with E-state index in [1.54, 1.807) is 44.4 Å². The fourth-order valence-corrected chi connectivity index (χ4v) is 4.32. The van der Waals surface area contributed by atoms with Crippen LogP contribution in [0.3, 0.4) is 0 Å². The molecule has 7 heteroatoms. The summed E-state index contributed by atoms with van der Waals surface area (Å²) in [7, 11) is -2.26. The molecule has 0 aliphatic rings. The van der Waals surface area contributed by atoms with Gasteiger partial charge in [0.1, 0.15) is 16.8 Å². The van der Waals surface area contributed by atoms with E-state index in [0.717, 1.165) is 15.2 Å². The quantitative estimate of drug-likeness (QED) is 0.737. The van der Waals surface area contributed by atoms with E-state index in [9.17, 15) is 8.42 Å². The Hall–Kier alpha value is -2.41. The highest BCUT2D eigenvalue weighted by atomic mass is 32.2. The van der Waals surface area contributed by atoms with Crippen molar-refractivity contribution in [3.05, 3.63) is 47.0 Å². The number of nitrogens with zero attached hydrogens (tertiary/aromatic N) is 3. The number of rotatable bonds is 3. The number of aromatic nitrogens is 3. The van der Waals surface area contributed by atoms with Crippen molar-refractivity contribution in [2.45, 2.75) is 25.7 Å². The fourth-order valence-electron chi connectivity index (χ4n) is 2.72. The van der Waals surface area contributed by atoms with Crippen molar-refractivity contribution in [3.63, 3.8) is 0 Å². The molecule has 0 spiro atoms. The topological polar surface area (TPSA) is 74.1 Å². The Balaban J connectivity index is 2.29. The predicted octanol–water partition coefficient (Wildman–Crippen LogP) is 2.60. The highest BCUT2D eigenvalue weighted by molar-refractivity contribution is 7.90. The molecule has 0 aliphatic heterocycles. The van der Waals surface area contributed by atoms with Gasteiger partial charge >= 0.3 is 0 Å². The number of aryl methyl sites for hydroxylation is 1. The van der Waals surface area contributed by atoms with Crippen LogP contribution in [0.15, 0.2) is 35.2 Å². The number of ether oxygens (including phenoxy) is 1. The SMILES string of the molecule is COc1c(C)cc(S(=O)(=O)n2nnc3ccccc32)c(C)c1C. The molecule has 3 rings (SSSR count). The number of methoxy groups -OCH3 is 1. The van der Waals surface area contributed by atoms with Gasteiger partial charge in [0.15, 0.2) is 0 Å². The Morgan fingerprint density at radius 2 is 1.78 bits per heavy atom. The standard InChI is InChI=1S/C16H17N3O3S/c1-10-9-15(11(2)12(3)16(10)22-4)23(20,21)19-14-8-6-5-7-13(14)17-18-19/h5-9H,1-4H3. The summed E-state index contributed by atoms with van der Waals surface area (Å²) in [5.41, 5.74) is 3.20. The summed E-state index contributed by atoms with van der Waals surface area (Å²) < 4.78 is 32.4. The van der Waals surface area contributed by atoms with Gasteiger partial charge in [-0.25, -0.2) is 0 Å². The van der Waals surface area contributed by atoms with Gasteiger partial charge in [0, 0.05) is 0 Å². The second-order valence-electron chi connectivity index (χ2n) is 5.40. The van der Waals surface area contributed by atoms with Crippen LogP contribution in [0.5, 0.6) is 5.75 Å². The minimum Gasteiger partial charge on any atom is -0.496 e. The van der Waals surface area contributed by atoms with Gasteiger partial charge in [0.05, 0.1) is 12.0 Å². The van der Waals surface area contributed by atoms with Gasteiger partial charge in [-0.3, -0.25) is 0 Å². The first-order valence-corrected chi connectivity index (χ1v) is 8.52. The van der Waals surface area contributed by atoms with E-state index in [-0.39, 0.29) is 4.90 Å². The number of hydrogen-bond acceptors (Lipinski definition) is 5. The summed E-state index contributed by atoms with van der Waals surface area (Å²) in [6, 6.07) is 8.58. The smallest absolute Gasteiger partial charge is 0.285 e. The number of fused-ring (bicyclic) bond motifs is 1. The van der Waals surface area contributed by atoms with E-state index in [1.807, 2.05) is 13.8 Å². The summed E-state index contributed by atoms with van der Waals surface area (Å²) in [6.07, 6.45) is 0. The van der Waals surface area contributed by atoms with E-state index in [1.165, 1.54) is 0 Å². The molecule has 0 unspecified atom stereocenters. The summed E-state index contributed by atoms with van der Waals surface area (Å²) in [6.45, 7) is 5.44. The molecule has 6 nitrogen and oxygen atoms in total. The van der Waals surface area contributed by atoms with Gasteiger partial charge < -0.3 is 4.74 Å². The van der Waals surface area contributed by atoms with Crippen LogP contribution in [0.25, 0.3) is 11.0 Å². The molecular formula is C16H17N3O3S. The summed E-state index contributed by atoms with van der Waals surface area (Å²) in [5.74, 6) is 0.699. The molecule has 0 fully saturated rings. The van der Waals surface area contributed by atoms with E-state index < -0.39 is 10.0 Å². The first-order valence-electron chi connectivity index (χ1n) is 7.08. The van der Waals surface area contributed by atoms with Crippen LogP contribution in [-0.2, 0) is 10.0 Å². The lowest BCUT2D eigenvalue weighted by atomic mass is 10.1. The monoisotopic (exact) mass is 331 g/mol. The van der Waals surface area contributed by atoms with Crippen molar-refractivity contribution >= 4 is 21.1 Å². The zero-order valence-electron chi connectivity index (χ0n) is 13.4. The zero-order valence-corrected chi connectivity index (χ0v) is 14.2. The van der Waals surface area contributed by atoms with E-state index >= 15 is 0 Å². The largest absolute Gasteiger partial charge is 0.496 e. The molecule has 0 atom stereocenters. The third-order valence-corrected chi connectivity index (χ3v) is 5.71. The van der Waals surface area contributed by atoms with Crippen LogP contribution in [0.1, 0.15) is 16.7 Å². The molecule has 2 aromatic carbocycles. The van der Waals surface area contributed by atoms with Crippen LogP contribution < -0.4 is 4.74 Å². The van der Waals surface area contributed by atoms with Gasteiger partial charge in [-0.1, -0.05) is 17.3 Å². The average Bonchev–Trinajstić information content (AvgIpc) is 2.96. The van der Waals surface area contributed by atoms with Crippen LogP contribution in [0.4, 0.5) is 0 Å². The fraction of sp³-hybridized carbons (Fsp3) is 0.250. The van der Waals surface area contributed by atoms with Crippen molar-refractivity contribution in [2.24, 2.45) is 0 Å². The van der Waals surface area contributed by atoms with Gasteiger partial charge in [-0.05, 0) is 55.7 Å². The Morgan fingerprint density at radius 3 is 2.48 bits per heavy atom. The highest BCUT2D eigenvalue weighted by Gasteiger charge is 2.25. The van der Waals surface area contributed by atoms with Crippen LogP contribution in [0, 0.1) is 20.8 Å². The molecule has 3 aromatic rings. The maximum Gasteiger partial charge on any atom is 0.285 e. The molecule has 0 radical (unpaired) electrons. The Bertz CT molecular complexity index is 1010. The van der Waals surface area contributed by atoms with Crippen molar-refractivity contribution in [2.75, 3.05) is 7.11 Å². The highest BCUT2D eigenvalue weighted by Crippen LogP contribution is 2.32. The molecular weight excluding hydrogens is 314 g/mol. The third kappa shape index (κ3) is 2.28. The van der Waals surface area contributed by atoms with Gasteiger partial charge in [-0.2, -0.15) is 8.42 Å². The lowest BCUT2D eigenvalue weighted by Crippen LogP contribution is -2.17. The minimum absolute atomic E-state index is 0.212. The summed E-state index contributed by atoms with van der Waals surface area (Å²) >= 11 is 0. The Labute approximate surface area is 134 Å². The average molecular weight is 331 g/mol. The van der Waals surface area contributed by atoms with Crippen molar-refractivity contribution in [1.29, 1.82) is 0 Å². The van der Waals surface area contributed by atoms with Crippen molar-refractivity contribution in [1.82, 2.24) is 14.4 Å². The van der Waals surface area contributed by atoms with Gasteiger partial charge in [0.25, 0.3) is 10.0 Å². The lowest BCUT2D eigenvalue weighted by molar-refractivity contribution is 0.407. The predicted molar refractivity (Wildman–Crippen MR) is 87.3 cm³/mol. The van der Waals surface area contributed by atoms with Gasteiger partial charge in [0.2, 0.25) is 0 Å². The third-order valence-electron chi connectivity index (χ3n) is 4.01. The second-order valence-corrected chi connectivity index (χ2v) is 7.14. The Kier molecular flexibility index (Phi) is 3.60. The molecule has 23 heavy (non-hydrogen) atoms. The first-order chi connectivity index (χ1) is 10.9. The molecule has 0 bridgehead atoms.